The van der Waals surface area contributed by atoms with Gasteiger partial charge in [-0.2, -0.15) is 0 Å². The molecule has 5 heteroatoms. The number of aromatic carboxylic acids is 1. The maximum atomic E-state index is 11.2. The SMILES string of the molecule is CCCn1c(Cl)c(C(=O)O)c2cccc(Cl)c21. The van der Waals surface area contributed by atoms with Crippen LogP contribution in [0, 0.1) is 0 Å². The van der Waals surface area contributed by atoms with Crippen molar-refractivity contribution in [1.29, 1.82) is 0 Å². The molecule has 0 unspecified atom stereocenters. The average Bonchev–Trinajstić information content (AvgIpc) is 2.54. The van der Waals surface area contributed by atoms with Crippen molar-refractivity contribution in [2.75, 3.05) is 0 Å². The highest BCUT2D eigenvalue weighted by Crippen LogP contribution is 2.34. The number of halogens is 2. The first kappa shape index (κ1) is 12.3. The fourth-order valence-corrected chi connectivity index (χ4v) is 2.60. The largest absolute Gasteiger partial charge is 0.478 e. The van der Waals surface area contributed by atoms with E-state index in [1.807, 2.05) is 6.92 Å². The molecule has 1 N–H and O–H groups in total. The second kappa shape index (κ2) is 4.59. The van der Waals surface area contributed by atoms with E-state index in [9.17, 15) is 9.90 Å². The van der Waals surface area contributed by atoms with E-state index in [1.54, 1.807) is 22.8 Å². The highest BCUT2D eigenvalue weighted by molar-refractivity contribution is 6.39. The number of aryl methyl sites for hydroxylation is 1. The van der Waals surface area contributed by atoms with Crippen LogP contribution < -0.4 is 0 Å². The van der Waals surface area contributed by atoms with Gasteiger partial charge in [-0.15, -0.1) is 0 Å². The number of fused-ring (bicyclic) bond motifs is 1. The first-order valence-electron chi connectivity index (χ1n) is 5.27. The molecule has 17 heavy (non-hydrogen) atoms. The van der Waals surface area contributed by atoms with Crippen LogP contribution in [0.4, 0.5) is 0 Å². The van der Waals surface area contributed by atoms with Crippen LogP contribution in [0.5, 0.6) is 0 Å². The number of carboxylic acid groups (broad SMARTS) is 1. The van der Waals surface area contributed by atoms with E-state index < -0.39 is 5.97 Å². The molecule has 0 spiro atoms. The molecule has 2 aromatic rings. The van der Waals surface area contributed by atoms with E-state index >= 15 is 0 Å². The summed E-state index contributed by atoms with van der Waals surface area (Å²) in [7, 11) is 0. The van der Waals surface area contributed by atoms with Gasteiger partial charge in [-0.05, 0) is 12.5 Å². The van der Waals surface area contributed by atoms with Crippen LogP contribution in [-0.4, -0.2) is 15.6 Å². The van der Waals surface area contributed by atoms with Crippen LogP contribution in [0.3, 0.4) is 0 Å². The molecular formula is C12H11Cl2NO2. The maximum Gasteiger partial charge on any atom is 0.339 e. The lowest BCUT2D eigenvalue weighted by Crippen LogP contribution is -1.99. The molecule has 2 rings (SSSR count). The topological polar surface area (TPSA) is 42.2 Å². The van der Waals surface area contributed by atoms with Crippen LogP contribution in [0.25, 0.3) is 10.9 Å². The van der Waals surface area contributed by atoms with Crippen LogP contribution in [0.15, 0.2) is 18.2 Å². The summed E-state index contributed by atoms with van der Waals surface area (Å²) in [6.07, 6.45) is 0.855. The Labute approximate surface area is 109 Å². The molecule has 0 amide bonds. The molecule has 0 aliphatic heterocycles. The summed E-state index contributed by atoms with van der Waals surface area (Å²) in [5, 5.41) is 10.5. The number of carbonyl (C=O) groups is 1. The third-order valence-corrected chi connectivity index (χ3v) is 3.33. The highest BCUT2D eigenvalue weighted by atomic mass is 35.5. The van der Waals surface area contributed by atoms with Crippen LogP contribution in [-0.2, 0) is 6.54 Å². The van der Waals surface area contributed by atoms with Crippen molar-refractivity contribution in [2.45, 2.75) is 19.9 Å². The van der Waals surface area contributed by atoms with E-state index in [-0.39, 0.29) is 10.7 Å². The van der Waals surface area contributed by atoms with Gasteiger partial charge in [0.25, 0.3) is 0 Å². The summed E-state index contributed by atoms with van der Waals surface area (Å²) >= 11 is 12.2. The van der Waals surface area contributed by atoms with Crippen molar-refractivity contribution in [3.8, 4) is 0 Å². The summed E-state index contributed by atoms with van der Waals surface area (Å²) in [5.74, 6) is -1.03. The van der Waals surface area contributed by atoms with Gasteiger partial charge in [0, 0.05) is 11.9 Å². The molecule has 0 aliphatic rings. The van der Waals surface area contributed by atoms with Gasteiger partial charge >= 0.3 is 5.97 Å². The van der Waals surface area contributed by atoms with Gasteiger partial charge in [-0.1, -0.05) is 42.3 Å². The Kier molecular flexibility index (Phi) is 3.31. The third kappa shape index (κ3) is 1.90. The summed E-state index contributed by atoms with van der Waals surface area (Å²) in [5.41, 5.74) is 0.816. The molecule has 0 aliphatic carbocycles. The lowest BCUT2D eigenvalue weighted by molar-refractivity contribution is 0.0699. The number of hydrogen-bond donors (Lipinski definition) is 1. The Morgan fingerprint density at radius 3 is 2.71 bits per heavy atom. The Morgan fingerprint density at radius 1 is 1.41 bits per heavy atom. The Balaban J connectivity index is 2.88. The first-order valence-corrected chi connectivity index (χ1v) is 6.03. The minimum Gasteiger partial charge on any atom is -0.478 e. The molecule has 0 atom stereocenters. The van der Waals surface area contributed by atoms with E-state index in [1.165, 1.54) is 0 Å². The number of para-hydroxylation sites is 1. The highest BCUT2D eigenvalue weighted by Gasteiger charge is 2.21. The lowest BCUT2D eigenvalue weighted by Gasteiger charge is -2.05. The number of rotatable bonds is 3. The second-order valence-corrected chi connectivity index (χ2v) is 4.52. The Hall–Kier alpha value is -1.19. The molecular weight excluding hydrogens is 261 g/mol. The predicted molar refractivity (Wildman–Crippen MR) is 69.2 cm³/mol. The zero-order valence-electron chi connectivity index (χ0n) is 9.20. The van der Waals surface area contributed by atoms with Crippen LogP contribution in [0.2, 0.25) is 10.2 Å². The molecule has 0 radical (unpaired) electrons. The number of benzene rings is 1. The van der Waals surface area contributed by atoms with Gasteiger partial charge < -0.3 is 9.67 Å². The van der Waals surface area contributed by atoms with Crippen LogP contribution in [0.1, 0.15) is 23.7 Å². The average molecular weight is 272 g/mol. The number of nitrogens with zero attached hydrogens (tertiary/aromatic N) is 1. The number of aromatic nitrogens is 1. The third-order valence-electron chi connectivity index (χ3n) is 2.63. The smallest absolute Gasteiger partial charge is 0.339 e. The summed E-state index contributed by atoms with van der Waals surface area (Å²) in [6.45, 7) is 2.64. The predicted octanol–water partition coefficient (Wildman–Crippen LogP) is 4.06. The zero-order valence-corrected chi connectivity index (χ0v) is 10.7. The van der Waals surface area contributed by atoms with Crippen molar-refractivity contribution in [3.63, 3.8) is 0 Å². The minimum atomic E-state index is -1.03. The van der Waals surface area contributed by atoms with Crippen molar-refractivity contribution in [2.24, 2.45) is 0 Å². The van der Waals surface area contributed by atoms with Crippen LogP contribution >= 0.6 is 23.2 Å². The molecule has 1 heterocycles. The summed E-state index contributed by atoms with van der Waals surface area (Å²) < 4.78 is 1.75. The monoisotopic (exact) mass is 271 g/mol. The molecule has 0 bridgehead atoms. The molecule has 90 valence electrons. The van der Waals surface area contributed by atoms with Gasteiger partial charge in [0.1, 0.15) is 10.7 Å². The van der Waals surface area contributed by atoms with Crippen molar-refractivity contribution >= 4 is 40.1 Å². The standard InChI is InChI=1S/C12H11Cl2NO2/c1-2-6-15-10-7(4-3-5-8(10)13)9(11(15)14)12(16)17/h3-5H,2,6H2,1H3,(H,16,17). The Morgan fingerprint density at radius 2 is 2.12 bits per heavy atom. The van der Waals surface area contributed by atoms with E-state index in [0.29, 0.717) is 22.5 Å². The second-order valence-electron chi connectivity index (χ2n) is 3.76. The fraction of sp³-hybridized carbons (Fsp3) is 0.250. The van der Waals surface area contributed by atoms with Gasteiger partial charge in [0.15, 0.2) is 0 Å². The van der Waals surface area contributed by atoms with E-state index in [0.717, 1.165) is 6.42 Å². The molecule has 0 saturated carbocycles. The van der Waals surface area contributed by atoms with Gasteiger partial charge in [-0.3, -0.25) is 0 Å². The molecule has 0 saturated heterocycles. The quantitative estimate of drug-likeness (QED) is 0.915. The van der Waals surface area contributed by atoms with Gasteiger partial charge in [0.05, 0.1) is 10.5 Å². The molecule has 1 aromatic carbocycles. The summed E-state index contributed by atoms with van der Waals surface area (Å²) in [4.78, 5) is 11.2. The molecule has 0 fully saturated rings. The van der Waals surface area contributed by atoms with Crippen molar-refractivity contribution in [3.05, 3.63) is 33.9 Å². The lowest BCUT2D eigenvalue weighted by atomic mass is 10.2. The summed E-state index contributed by atoms with van der Waals surface area (Å²) in [6, 6.07) is 5.18. The van der Waals surface area contributed by atoms with E-state index in [4.69, 9.17) is 23.2 Å². The normalized spacial score (nSPS) is 11.0. The van der Waals surface area contributed by atoms with Gasteiger partial charge in [-0.25, -0.2) is 4.79 Å². The van der Waals surface area contributed by atoms with Gasteiger partial charge in [0.2, 0.25) is 0 Å². The Bertz CT molecular complexity index is 590. The van der Waals surface area contributed by atoms with Crippen molar-refractivity contribution in [1.82, 2.24) is 4.57 Å². The number of carboxylic acids is 1. The van der Waals surface area contributed by atoms with Crippen molar-refractivity contribution < 1.29 is 9.90 Å². The number of hydrogen-bond acceptors (Lipinski definition) is 1. The fourth-order valence-electron chi connectivity index (χ4n) is 1.97. The van der Waals surface area contributed by atoms with E-state index in [2.05, 4.69) is 0 Å². The first-order chi connectivity index (χ1) is 8.07. The molecule has 3 nitrogen and oxygen atoms in total. The molecule has 1 aromatic heterocycles. The maximum absolute atomic E-state index is 11.2. The minimum absolute atomic E-state index is 0.123. The zero-order chi connectivity index (χ0) is 12.6.